The quantitative estimate of drug-likeness (QED) is 0.780. The number of nitrogens with two attached hydrogens (primary N) is 1. The summed E-state index contributed by atoms with van der Waals surface area (Å²) in [7, 11) is 0. The Balaban J connectivity index is 2.30. The maximum absolute atomic E-state index is 6.02. The molecule has 2 rings (SSSR count). The van der Waals surface area contributed by atoms with Gasteiger partial charge < -0.3 is 10.6 Å². The Kier molecular flexibility index (Phi) is 2.38. The van der Waals surface area contributed by atoms with Crippen molar-refractivity contribution in [2.24, 2.45) is 5.73 Å². The highest BCUT2D eigenvalue weighted by Crippen LogP contribution is 2.26. The fourth-order valence-electron chi connectivity index (χ4n) is 1.33. The van der Waals surface area contributed by atoms with E-state index >= 15 is 0 Å². The molecule has 1 aliphatic heterocycles. The van der Waals surface area contributed by atoms with Crippen LogP contribution in [0.15, 0.2) is 12.1 Å². The molecule has 1 aromatic rings. The summed E-state index contributed by atoms with van der Waals surface area (Å²) in [6.45, 7) is 2.58. The number of anilines is 1. The Hall–Kier alpha value is -0.800. The van der Waals surface area contributed by atoms with Crippen molar-refractivity contribution in [1.29, 1.82) is 0 Å². The van der Waals surface area contributed by atoms with E-state index in [0.717, 1.165) is 29.6 Å². The van der Waals surface area contributed by atoms with Gasteiger partial charge in [0.2, 0.25) is 0 Å². The Morgan fingerprint density at radius 2 is 2.23 bits per heavy atom. The minimum absolute atomic E-state index is 0.470. The molecule has 0 bridgehead atoms. The molecule has 1 aliphatic rings. The minimum atomic E-state index is 0.470. The van der Waals surface area contributed by atoms with E-state index in [2.05, 4.69) is 9.88 Å². The normalized spacial score (nSPS) is 15.7. The molecule has 0 atom stereocenters. The van der Waals surface area contributed by atoms with Crippen LogP contribution >= 0.6 is 11.6 Å². The van der Waals surface area contributed by atoms with E-state index in [0.29, 0.717) is 6.54 Å². The SMILES string of the molecule is NCc1ccc(Cl)c(N2CCC2)n1. The molecular weight excluding hydrogens is 186 g/mol. The lowest BCUT2D eigenvalue weighted by atomic mass is 10.2. The van der Waals surface area contributed by atoms with Gasteiger partial charge in [-0.3, -0.25) is 0 Å². The fourth-order valence-corrected chi connectivity index (χ4v) is 1.56. The van der Waals surface area contributed by atoms with E-state index < -0.39 is 0 Å². The average molecular weight is 198 g/mol. The van der Waals surface area contributed by atoms with Gasteiger partial charge in [-0.15, -0.1) is 0 Å². The number of hydrogen-bond acceptors (Lipinski definition) is 3. The Morgan fingerprint density at radius 1 is 1.46 bits per heavy atom. The van der Waals surface area contributed by atoms with Gasteiger partial charge in [0.25, 0.3) is 0 Å². The first-order chi connectivity index (χ1) is 6.31. The highest BCUT2D eigenvalue weighted by molar-refractivity contribution is 6.32. The molecule has 1 fully saturated rings. The molecule has 0 saturated carbocycles. The minimum Gasteiger partial charge on any atom is -0.355 e. The molecule has 70 valence electrons. The van der Waals surface area contributed by atoms with E-state index in [1.54, 1.807) is 0 Å². The summed E-state index contributed by atoms with van der Waals surface area (Å²) in [6.07, 6.45) is 1.23. The zero-order chi connectivity index (χ0) is 9.26. The van der Waals surface area contributed by atoms with Crippen molar-refractivity contribution in [1.82, 2.24) is 4.98 Å². The summed E-state index contributed by atoms with van der Waals surface area (Å²) in [5.41, 5.74) is 6.40. The number of rotatable bonds is 2. The third kappa shape index (κ3) is 1.62. The smallest absolute Gasteiger partial charge is 0.147 e. The lowest BCUT2D eigenvalue weighted by Gasteiger charge is -2.32. The van der Waals surface area contributed by atoms with Crippen LogP contribution in [0.4, 0.5) is 5.82 Å². The monoisotopic (exact) mass is 197 g/mol. The number of aromatic nitrogens is 1. The van der Waals surface area contributed by atoms with Gasteiger partial charge >= 0.3 is 0 Å². The summed E-state index contributed by atoms with van der Waals surface area (Å²) >= 11 is 6.02. The Morgan fingerprint density at radius 3 is 2.77 bits per heavy atom. The molecule has 1 saturated heterocycles. The largest absolute Gasteiger partial charge is 0.355 e. The van der Waals surface area contributed by atoms with Crippen LogP contribution in [0.2, 0.25) is 5.02 Å². The molecule has 0 aromatic carbocycles. The second-order valence-corrected chi connectivity index (χ2v) is 3.56. The van der Waals surface area contributed by atoms with Crippen LogP contribution in [0, 0.1) is 0 Å². The molecule has 3 nitrogen and oxygen atoms in total. The first-order valence-corrected chi connectivity index (χ1v) is 4.79. The Bertz CT molecular complexity index is 310. The van der Waals surface area contributed by atoms with E-state index in [-0.39, 0.29) is 0 Å². The molecule has 0 aliphatic carbocycles. The van der Waals surface area contributed by atoms with E-state index in [4.69, 9.17) is 17.3 Å². The van der Waals surface area contributed by atoms with Crippen LogP contribution in [-0.4, -0.2) is 18.1 Å². The standard InChI is InChI=1S/C9H12ClN3/c10-8-3-2-7(6-11)12-9(8)13-4-1-5-13/h2-3H,1,4-6,11H2. The van der Waals surface area contributed by atoms with Crippen molar-refractivity contribution in [3.63, 3.8) is 0 Å². The van der Waals surface area contributed by atoms with Gasteiger partial charge in [-0.1, -0.05) is 11.6 Å². The van der Waals surface area contributed by atoms with Crippen molar-refractivity contribution >= 4 is 17.4 Å². The molecule has 0 unspecified atom stereocenters. The van der Waals surface area contributed by atoms with Gasteiger partial charge in [-0.2, -0.15) is 0 Å². The van der Waals surface area contributed by atoms with Crippen molar-refractivity contribution < 1.29 is 0 Å². The molecule has 0 spiro atoms. The topological polar surface area (TPSA) is 42.1 Å². The molecule has 4 heteroatoms. The van der Waals surface area contributed by atoms with Crippen LogP contribution in [0.5, 0.6) is 0 Å². The van der Waals surface area contributed by atoms with Gasteiger partial charge in [0.15, 0.2) is 0 Å². The first kappa shape index (κ1) is 8.78. The van der Waals surface area contributed by atoms with Crippen molar-refractivity contribution in [3.8, 4) is 0 Å². The second kappa shape index (κ2) is 3.52. The lowest BCUT2D eigenvalue weighted by Crippen LogP contribution is -2.38. The van der Waals surface area contributed by atoms with Gasteiger partial charge in [0.1, 0.15) is 5.82 Å². The van der Waals surface area contributed by atoms with Crippen molar-refractivity contribution in [2.45, 2.75) is 13.0 Å². The molecule has 0 radical (unpaired) electrons. The van der Waals surface area contributed by atoms with Crippen LogP contribution in [0.25, 0.3) is 0 Å². The second-order valence-electron chi connectivity index (χ2n) is 3.15. The van der Waals surface area contributed by atoms with Crippen LogP contribution in [0.1, 0.15) is 12.1 Å². The molecule has 1 aromatic heterocycles. The van der Waals surface area contributed by atoms with Gasteiger partial charge in [0, 0.05) is 19.6 Å². The summed E-state index contributed by atoms with van der Waals surface area (Å²) in [5, 5.41) is 0.719. The van der Waals surface area contributed by atoms with Gasteiger partial charge in [0.05, 0.1) is 10.7 Å². The predicted octanol–water partition coefficient (Wildman–Crippen LogP) is 1.40. The number of hydrogen-bond donors (Lipinski definition) is 1. The summed E-state index contributed by atoms with van der Waals surface area (Å²) in [4.78, 5) is 6.55. The maximum Gasteiger partial charge on any atom is 0.147 e. The van der Waals surface area contributed by atoms with E-state index in [1.807, 2.05) is 12.1 Å². The third-order valence-corrected chi connectivity index (χ3v) is 2.54. The molecule has 13 heavy (non-hydrogen) atoms. The van der Waals surface area contributed by atoms with Crippen molar-refractivity contribution in [2.75, 3.05) is 18.0 Å². The fraction of sp³-hybridized carbons (Fsp3) is 0.444. The number of halogens is 1. The summed E-state index contributed by atoms with van der Waals surface area (Å²) in [5.74, 6) is 0.885. The van der Waals surface area contributed by atoms with Crippen molar-refractivity contribution in [3.05, 3.63) is 22.8 Å². The zero-order valence-electron chi connectivity index (χ0n) is 7.33. The van der Waals surface area contributed by atoms with E-state index in [9.17, 15) is 0 Å². The molecule has 2 heterocycles. The predicted molar refractivity (Wildman–Crippen MR) is 54.0 cm³/mol. The van der Waals surface area contributed by atoms with Crippen LogP contribution in [-0.2, 0) is 6.54 Å². The zero-order valence-corrected chi connectivity index (χ0v) is 8.09. The molecule has 2 N–H and O–H groups in total. The van der Waals surface area contributed by atoms with Crippen LogP contribution < -0.4 is 10.6 Å². The summed E-state index contributed by atoms with van der Waals surface area (Å²) in [6, 6.07) is 3.73. The highest BCUT2D eigenvalue weighted by Gasteiger charge is 2.18. The Labute approximate surface area is 82.5 Å². The first-order valence-electron chi connectivity index (χ1n) is 4.41. The van der Waals surface area contributed by atoms with E-state index in [1.165, 1.54) is 6.42 Å². The molecule has 0 amide bonds. The summed E-state index contributed by atoms with van der Waals surface area (Å²) < 4.78 is 0. The van der Waals surface area contributed by atoms with Gasteiger partial charge in [-0.05, 0) is 18.6 Å². The number of pyridine rings is 1. The average Bonchev–Trinajstić information content (AvgIpc) is 2.06. The lowest BCUT2D eigenvalue weighted by molar-refractivity contribution is 0.608. The third-order valence-electron chi connectivity index (χ3n) is 2.25. The molecular formula is C9H12ClN3. The highest BCUT2D eigenvalue weighted by atomic mass is 35.5. The maximum atomic E-state index is 6.02. The van der Waals surface area contributed by atoms with Crippen LogP contribution in [0.3, 0.4) is 0 Å². The number of nitrogens with zero attached hydrogens (tertiary/aromatic N) is 2. The van der Waals surface area contributed by atoms with Gasteiger partial charge in [-0.25, -0.2) is 4.98 Å².